The van der Waals surface area contributed by atoms with Gasteiger partial charge in [0.05, 0.1) is 11.5 Å². The monoisotopic (exact) mass is 406 g/mol. The van der Waals surface area contributed by atoms with E-state index in [4.69, 9.17) is 10.00 Å². The van der Waals surface area contributed by atoms with Gasteiger partial charge in [0.2, 0.25) is 5.91 Å². The van der Waals surface area contributed by atoms with Crippen LogP contribution in [0.3, 0.4) is 0 Å². The summed E-state index contributed by atoms with van der Waals surface area (Å²) in [5, 5.41) is 20.2. The van der Waals surface area contributed by atoms with Crippen molar-refractivity contribution in [2.75, 3.05) is 38.2 Å². The van der Waals surface area contributed by atoms with E-state index in [-0.39, 0.29) is 11.8 Å². The Morgan fingerprint density at radius 2 is 2.03 bits per heavy atom. The second-order valence-electron chi connectivity index (χ2n) is 8.00. The Morgan fingerprint density at radius 1 is 1.23 bits per heavy atom. The number of nitriles is 1. The van der Waals surface area contributed by atoms with Gasteiger partial charge in [0.25, 0.3) is 0 Å². The number of piperidine rings is 1. The molecule has 156 valence electrons. The first-order valence-corrected chi connectivity index (χ1v) is 10.3. The zero-order valence-electron chi connectivity index (χ0n) is 17.1. The smallest absolute Gasteiger partial charge is 0.227 e. The van der Waals surface area contributed by atoms with Crippen LogP contribution in [0.4, 0.5) is 5.82 Å². The number of ether oxygens (including phenoxy) is 1. The summed E-state index contributed by atoms with van der Waals surface area (Å²) in [5.74, 6) is 0.780. The number of amides is 1. The first-order valence-electron chi connectivity index (χ1n) is 10.3. The minimum Gasteiger partial charge on any atom is -0.382 e. The largest absolute Gasteiger partial charge is 0.382 e. The second-order valence-corrected chi connectivity index (χ2v) is 8.00. The third kappa shape index (κ3) is 3.76. The van der Waals surface area contributed by atoms with Crippen LogP contribution in [-0.2, 0) is 15.1 Å². The fourth-order valence-electron chi connectivity index (χ4n) is 4.50. The van der Waals surface area contributed by atoms with Gasteiger partial charge < -0.3 is 19.6 Å². The van der Waals surface area contributed by atoms with E-state index >= 15 is 0 Å². The second kappa shape index (κ2) is 8.42. The molecule has 3 unspecified atom stereocenters. The van der Waals surface area contributed by atoms with Crippen molar-refractivity contribution >= 4 is 11.7 Å². The summed E-state index contributed by atoms with van der Waals surface area (Å²) in [6.45, 7) is 2.22. The van der Waals surface area contributed by atoms with Gasteiger partial charge in [-0.15, -0.1) is 0 Å². The highest BCUT2D eigenvalue weighted by Crippen LogP contribution is 2.35. The van der Waals surface area contributed by atoms with Crippen LogP contribution < -0.4 is 4.90 Å². The molecule has 0 spiro atoms. The van der Waals surface area contributed by atoms with Gasteiger partial charge in [-0.2, -0.15) is 5.26 Å². The lowest BCUT2D eigenvalue weighted by molar-refractivity contribution is -0.160. The summed E-state index contributed by atoms with van der Waals surface area (Å²) in [6, 6.07) is 15.2. The molecule has 7 nitrogen and oxygen atoms in total. The number of methoxy groups -OCH3 is 1. The maximum absolute atomic E-state index is 13.2. The average Bonchev–Trinajstić information content (AvgIpc) is 3.30. The maximum Gasteiger partial charge on any atom is 0.227 e. The normalized spacial score (nSPS) is 26.4. The molecule has 2 aromatic rings. The van der Waals surface area contributed by atoms with Gasteiger partial charge >= 0.3 is 0 Å². The van der Waals surface area contributed by atoms with Gasteiger partial charge in [0, 0.05) is 45.9 Å². The van der Waals surface area contributed by atoms with Gasteiger partial charge in [-0.3, -0.25) is 4.79 Å². The third-order valence-electron chi connectivity index (χ3n) is 6.29. The van der Waals surface area contributed by atoms with E-state index < -0.39 is 11.7 Å². The predicted molar refractivity (Wildman–Crippen MR) is 112 cm³/mol. The quantitative estimate of drug-likeness (QED) is 0.834. The lowest BCUT2D eigenvalue weighted by Gasteiger charge is -2.44. The zero-order chi connectivity index (χ0) is 21.1. The first-order chi connectivity index (χ1) is 14.5. The SMILES string of the molecule is COC1CN(C(=O)C2CCN(c3ccc(C#N)cn3)C2)CCC1(O)c1ccccc1. The number of hydrogen-bond donors (Lipinski definition) is 1. The van der Waals surface area contributed by atoms with Crippen molar-refractivity contribution in [1.29, 1.82) is 5.26 Å². The molecule has 7 heteroatoms. The van der Waals surface area contributed by atoms with Crippen molar-refractivity contribution in [3.63, 3.8) is 0 Å². The molecule has 30 heavy (non-hydrogen) atoms. The molecule has 2 saturated heterocycles. The van der Waals surface area contributed by atoms with Crippen LogP contribution in [0.25, 0.3) is 0 Å². The molecule has 2 aliphatic heterocycles. The third-order valence-corrected chi connectivity index (χ3v) is 6.29. The van der Waals surface area contributed by atoms with Gasteiger partial charge in [-0.25, -0.2) is 4.98 Å². The minimum atomic E-state index is -1.10. The van der Waals surface area contributed by atoms with Gasteiger partial charge in [-0.05, 0) is 24.1 Å². The predicted octanol–water partition coefficient (Wildman–Crippen LogP) is 1.91. The van der Waals surface area contributed by atoms with Crippen molar-refractivity contribution in [3.05, 3.63) is 59.8 Å². The highest BCUT2D eigenvalue weighted by molar-refractivity contribution is 5.80. The van der Waals surface area contributed by atoms with Crippen molar-refractivity contribution in [3.8, 4) is 6.07 Å². The molecule has 0 saturated carbocycles. The van der Waals surface area contributed by atoms with Crippen LogP contribution in [0, 0.1) is 17.2 Å². The molecule has 1 aromatic heterocycles. The number of pyridine rings is 1. The van der Waals surface area contributed by atoms with Crippen LogP contribution >= 0.6 is 0 Å². The Balaban J connectivity index is 1.41. The van der Waals surface area contributed by atoms with Crippen LogP contribution in [-0.4, -0.2) is 60.3 Å². The Hall–Kier alpha value is -2.95. The number of carbonyl (C=O) groups is 1. The molecule has 1 N–H and O–H groups in total. The Bertz CT molecular complexity index is 928. The van der Waals surface area contributed by atoms with E-state index in [0.717, 1.165) is 24.3 Å². The highest BCUT2D eigenvalue weighted by Gasteiger charge is 2.45. The van der Waals surface area contributed by atoms with Gasteiger partial charge in [0.15, 0.2) is 0 Å². The fourth-order valence-corrected chi connectivity index (χ4v) is 4.50. The highest BCUT2D eigenvalue weighted by atomic mass is 16.5. The number of aromatic nitrogens is 1. The molecule has 3 atom stereocenters. The number of carbonyl (C=O) groups excluding carboxylic acids is 1. The molecule has 1 aromatic carbocycles. The molecule has 0 aliphatic carbocycles. The zero-order valence-corrected chi connectivity index (χ0v) is 17.1. The summed E-state index contributed by atoms with van der Waals surface area (Å²) in [4.78, 5) is 21.4. The molecule has 4 rings (SSSR count). The number of aliphatic hydroxyl groups is 1. The molecule has 0 bridgehead atoms. The average molecular weight is 406 g/mol. The standard InChI is InChI=1S/C23H26N4O3/c1-30-20-16-27(12-10-23(20,29)19-5-3-2-4-6-19)22(28)18-9-11-26(15-18)21-8-7-17(13-24)14-25-21/h2-8,14,18,20,29H,9-12,15-16H2,1H3. The first kappa shape index (κ1) is 20.3. The summed E-state index contributed by atoms with van der Waals surface area (Å²) in [5.41, 5.74) is 0.249. The molecule has 2 fully saturated rings. The Labute approximate surface area is 176 Å². The number of hydrogen-bond acceptors (Lipinski definition) is 6. The van der Waals surface area contributed by atoms with Crippen LogP contribution in [0.1, 0.15) is 24.0 Å². The number of nitrogens with zero attached hydrogens (tertiary/aromatic N) is 4. The van der Waals surface area contributed by atoms with Gasteiger partial charge in [0.1, 0.15) is 23.6 Å². The molecular weight excluding hydrogens is 380 g/mol. The lowest BCUT2D eigenvalue weighted by Crippen LogP contribution is -2.56. The molecule has 1 amide bonds. The van der Waals surface area contributed by atoms with Crippen molar-refractivity contribution < 1.29 is 14.6 Å². The van der Waals surface area contributed by atoms with Crippen LogP contribution in [0.5, 0.6) is 0 Å². The Kier molecular flexibility index (Phi) is 5.71. The van der Waals surface area contributed by atoms with E-state index in [2.05, 4.69) is 16.0 Å². The van der Waals surface area contributed by atoms with E-state index in [0.29, 0.717) is 31.6 Å². The minimum absolute atomic E-state index is 0.100. The summed E-state index contributed by atoms with van der Waals surface area (Å²) in [6.07, 6.45) is 2.28. The van der Waals surface area contributed by atoms with E-state index in [9.17, 15) is 9.90 Å². The van der Waals surface area contributed by atoms with Crippen LogP contribution in [0.2, 0.25) is 0 Å². The van der Waals surface area contributed by atoms with Crippen molar-refractivity contribution in [2.24, 2.45) is 5.92 Å². The number of rotatable bonds is 4. The number of likely N-dealkylation sites (tertiary alicyclic amines) is 1. The molecule has 2 aliphatic rings. The molecular formula is C23H26N4O3. The van der Waals surface area contributed by atoms with Crippen molar-refractivity contribution in [1.82, 2.24) is 9.88 Å². The summed E-state index contributed by atoms with van der Waals surface area (Å²) < 4.78 is 5.63. The summed E-state index contributed by atoms with van der Waals surface area (Å²) in [7, 11) is 1.58. The van der Waals surface area contributed by atoms with Gasteiger partial charge in [-0.1, -0.05) is 30.3 Å². The van der Waals surface area contributed by atoms with E-state index in [1.165, 1.54) is 0 Å². The van der Waals surface area contributed by atoms with E-state index in [1.807, 2.05) is 41.3 Å². The summed E-state index contributed by atoms with van der Waals surface area (Å²) >= 11 is 0. The molecule has 3 heterocycles. The Morgan fingerprint density at radius 3 is 2.70 bits per heavy atom. The van der Waals surface area contributed by atoms with Crippen LogP contribution in [0.15, 0.2) is 48.7 Å². The molecule has 0 radical (unpaired) electrons. The topological polar surface area (TPSA) is 89.7 Å². The lowest BCUT2D eigenvalue weighted by atomic mass is 9.81. The van der Waals surface area contributed by atoms with E-state index in [1.54, 1.807) is 19.4 Å². The maximum atomic E-state index is 13.2. The number of benzene rings is 1. The fraction of sp³-hybridized carbons (Fsp3) is 0.435. The van der Waals surface area contributed by atoms with Crippen molar-refractivity contribution in [2.45, 2.75) is 24.5 Å². The number of anilines is 1.